The van der Waals surface area contributed by atoms with Crippen molar-refractivity contribution in [3.63, 3.8) is 0 Å². The largest absolute Gasteiger partial charge is 0.480 e. The minimum absolute atomic E-state index is 0.194. The van der Waals surface area contributed by atoms with Gasteiger partial charge in [0, 0.05) is 5.39 Å². The van der Waals surface area contributed by atoms with E-state index in [0.29, 0.717) is 17.9 Å². The Labute approximate surface area is 111 Å². The average molecular weight is 255 g/mol. The lowest BCUT2D eigenvalue weighted by molar-refractivity contribution is -0.145. The van der Waals surface area contributed by atoms with E-state index in [9.17, 15) is 10.1 Å². The molecule has 0 fully saturated rings. The number of nitrogens with zero attached hydrogens (tertiary/aromatic N) is 1. The Kier molecular flexibility index (Phi) is 3.99. The van der Waals surface area contributed by atoms with Gasteiger partial charge in [-0.3, -0.25) is 0 Å². The van der Waals surface area contributed by atoms with E-state index >= 15 is 0 Å². The van der Waals surface area contributed by atoms with Crippen LogP contribution >= 0.6 is 0 Å². The summed E-state index contributed by atoms with van der Waals surface area (Å²) in [5, 5.41) is 11.0. The predicted molar refractivity (Wildman–Crippen MR) is 70.8 cm³/mol. The molecule has 2 rings (SSSR count). The molecule has 0 saturated carbocycles. The second kappa shape index (κ2) is 5.87. The monoisotopic (exact) mass is 255 g/mol. The molecule has 2 aromatic carbocycles. The van der Waals surface area contributed by atoms with Crippen molar-refractivity contribution in [3.8, 4) is 11.8 Å². The molecule has 19 heavy (non-hydrogen) atoms. The molecular weight excluding hydrogens is 242 g/mol. The van der Waals surface area contributed by atoms with Crippen molar-refractivity contribution in [2.75, 3.05) is 13.2 Å². The summed E-state index contributed by atoms with van der Waals surface area (Å²) < 4.78 is 10.1. The lowest BCUT2D eigenvalue weighted by atomic mass is 10.0. The van der Waals surface area contributed by atoms with Gasteiger partial charge in [-0.15, -0.1) is 0 Å². The normalized spacial score (nSPS) is 9.89. The molecule has 0 unspecified atom stereocenters. The quantitative estimate of drug-likeness (QED) is 0.788. The van der Waals surface area contributed by atoms with Gasteiger partial charge < -0.3 is 9.47 Å². The van der Waals surface area contributed by atoms with Gasteiger partial charge in [-0.05, 0) is 18.4 Å². The molecule has 0 heterocycles. The zero-order chi connectivity index (χ0) is 13.7. The molecule has 0 aromatic heterocycles. The van der Waals surface area contributed by atoms with E-state index in [1.807, 2.05) is 30.3 Å². The van der Waals surface area contributed by atoms with E-state index in [1.165, 1.54) is 0 Å². The van der Waals surface area contributed by atoms with E-state index in [-0.39, 0.29) is 6.61 Å². The molecule has 0 amide bonds. The highest BCUT2D eigenvalue weighted by molar-refractivity contribution is 5.90. The minimum Gasteiger partial charge on any atom is -0.480 e. The summed E-state index contributed by atoms with van der Waals surface area (Å²) in [7, 11) is 0. The third-order valence-corrected chi connectivity index (χ3v) is 2.65. The molecule has 96 valence electrons. The van der Waals surface area contributed by atoms with Gasteiger partial charge in [-0.2, -0.15) is 5.26 Å². The highest BCUT2D eigenvalue weighted by atomic mass is 16.6. The van der Waals surface area contributed by atoms with Crippen LogP contribution in [-0.4, -0.2) is 19.2 Å². The summed E-state index contributed by atoms with van der Waals surface area (Å²) in [6.07, 6.45) is 0. The molecule has 0 radical (unpaired) electrons. The van der Waals surface area contributed by atoms with Crippen molar-refractivity contribution >= 4 is 16.7 Å². The SMILES string of the molecule is CCOC(=O)COc1ccc2ccccc2c1C#N. The van der Waals surface area contributed by atoms with Crippen LogP contribution in [0.15, 0.2) is 36.4 Å². The fourth-order valence-corrected chi connectivity index (χ4v) is 1.83. The second-order valence-corrected chi connectivity index (χ2v) is 3.87. The Bertz CT molecular complexity index is 643. The van der Waals surface area contributed by atoms with Crippen LogP contribution in [0.1, 0.15) is 12.5 Å². The zero-order valence-electron chi connectivity index (χ0n) is 10.6. The fourth-order valence-electron chi connectivity index (χ4n) is 1.83. The lowest BCUT2D eigenvalue weighted by Crippen LogP contribution is -2.15. The molecule has 4 heteroatoms. The topological polar surface area (TPSA) is 59.3 Å². The highest BCUT2D eigenvalue weighted by Crippen LogP contribution is 2.27. The number of ether oxygens (including phenoxy) is 2. The number of hydrogen-bond acceptors (Lipinski definition) is 4. The van der Waals surface area contributed by atoms with Crippen LogP contribution in [0.3, 0.4) is 0 Å². The summed E-state index contributed by atoms with van der Waals surface area (Å²) >= 11 is 0. The first kappa shape index (κ1) is 12.9. The van der Waals surface area contributed by atoms with Crippen molar-refractivity contribution in [1.82, 2.24) is 0 Å². The number of carbonyl (C=O) groups excluding carboxylic acids is 1. The van der Waals surface area contributed by atoms with E-state index < -0.39 is 5.97 Å². The van der Waals surface area contributed by atoms with Crippen LogP contribution in [-0.2, 0) is 9.53 Å². The number of carbonyl (C=O) groups is 1. The van der Waals surface area contributed by atoms with Crippen molar-refractivity contribution in [2.45, 2.75) is 6.92 Å². The number of benzene rings is 2. The first-order valence-electron chi connectivity index (χ1n) is 5.96. The van der Waals surface area contributed by atoms with Crippen LogP contribution in [0.4, 0.5) is 0 Å². The number of nitriles is 1. The maximum atomic E-state index is 11.2. The van der Waals surface area contributed by atoms with E-state index in [1.54, 1.807) is 13.0 Å². The summed E-state index contributed by atoms with van der Waals surface area (Å²) in [5.41, 5.74) is 0.433. The molecule has 0 saturated heterocycles. The third kappa shape index (κ3) is 2.83. The molecule has 0 aliphatic heterocycles. The van der Waals surface area contributed by atoms with E-state index in [2.05, 4.69) is 6.07 Å². The first-order valence-corrected chi connectivity index (χ1v) is 5.96. The van der Waals surface area contributed by atoms with Crippen molar-refractivity contribution in [2.24, 2.45) is 0 Å². The first-order chi connectivity index (χ1) is 9.26. The third-order valence-electron chi connectivity index (χ3n) is 2.65. The molecule has 0 spiro atoms. The Morgan fingerprint density at radius 2 is 2.05 bits per heavy atom. The maximum absolute atomic E-state index is 11.2. The van der Waals surface area contributed by atoms with Crippen LogP contribution in [0.25, 0.3) is 10.8 Å². The molecule has 0 atom stereocenters. The smallest absolute Gasteiger partial charge is 0.344 e. The van der Waals surface area contributed by atoms with Crippen LogP contribution in [0.5, 0.6) is 5.75 Å². The van der Waals surface area contributed by atoms with Crippen LogP contribution in [0, 0.1) is 11.3 Å². The second-order valence-electron chi connectivity index (χ2n) is 3.87. The summed E-state index contributed by atoms with van der Waals surface area (Å²) in [5.74, 6) is -0.0474. The van der Waals surface area contributed by atoms with Gasteiger partial charge in [0.05, 0.1) is 6.61 Å². The highest BCUT2D eigenvalue weighted by Gasteiger charge is 2.10. The summed E-state index contributed by atoms with van der Waals surface area (Å²) in [4.78, 5) is 11.2. The number of fused-ring (bicyclic) bond motifs is 1. The molecular formula is C15H13NO3. The van der Waals surface area contributed by atoms with E-state index in [4.69, 9.17) is 9.47 Å². The molecule has 0 aliphatic carbocycles. The van der Waals surface area contributed by atoms with Crippen molar-refractivity contribution in [1.29, 1.82) is 5.26 Å². The Morgan fingerprint density at radius 3 is 2.79 bits per heavy atom. The van der Waals surface area contributed by atoms with Gasteiger partial charge in [-0.25, -0.2) is 4.79 Å². The Hall–Kier alpha value is -2.54. The molecule has 0 aliphatic rings. The van der Waals surface area contributed by atoms with Crippen molar-refractivity contribution < 1.29 is 14.3 Å². The van der Waals surface area contributed by atoms with Gasteiger partial charge in [0.25, 0.3) is 0 Å². The lowest BCUT2D eigenvalue weighted by Gasteiger charge is -2.09. The summed E-state index contributed by atoms with van der Waals surface area (Å²) in [6, 6.07) is 13.2. The Morgan fingerprint density at radius 1 is 1.26 bits per heavy atom. The Balaban J connectivity index is 2.29. The predicted octanol–water partition coefficient (Wildman–Crippen LogP) is 2.65. The average Bonchev–Trinajstić information content (AvgIpc) is 2.44. The number of hydrogen-bond donors (Lipinski definition) is 0. The molecule has 2 aromatic rings. The standard InChI is InChI=1S/C15H13NO3/c1-2-18-15(17)10-19-14-8-7-11-5-3-4-6-12(11)13(14)9-16/h3-8H,2,10H2,1H3. The van der Waals surface area contributed by atoms with Gasteiger partial charge >= 0.3 is 5.97 Å². The number of esters is 1. The van der Waals surface area contributed by atoms with Gasteiger partial charge in [0.15, 0.2) is 6.61 Å². The molecule has 0 N–H and O–H groups in total. The van der Waals surface area contributed by atoms with Gasteiger partial charge in [0.2, 0.25) is 0 Å². The van der Waals surface area contributed by atoms with Crippen LogP contribution < -0.4 is 4.74 Å². The van der Waals surface area contributed by atoms with Crippen LogP contribution in [0.2, 0.25) is 0 Å². The summed E-state index contributed by atoms with van der Waals surface area (Å²) in [6.45, 7) is 1.85. The van der Waals surface area contributed by atoms with Gasteiger partial charge in [-0.1, -0.05) is 30.3 Å². The van der Waals surface area contributed by atoms with Gasteiger partial charge in [0.1, 0.15) is 17.4 Å². The molecule has 4 nitrogen and oxygen atoms in total. The molecule has 0 bridgehead atoms. The fraction of sp³-hybridized carbons (Fsp3) is 0.200. The van der Waals surface area contributed by atoms with Crippen molar-refractivity contribution in [3.05, 3.63) is 42.0 Å². The maximum Gasteiger partial charge on any atom is 0.344 e. The number of rotatable bonds is 4. The zero-order valence-corrected chi connectivity index (χ0v) is 10.6. The van der Waals surface area contributed by atoms with E-state index in [0.717, 1.165) is 10.8 Å². The minimum atomic E-state index is -0.445.